The molecule has 0 atom stereocenters. The first kappa shape index (κ1) is 17.8. The Morgan fingerprint density at radius 3 is 2.68 bits per heavy atom. The molecule has 0 unspecified atom stereocenters. The third-order valence-electron chi connectivity index (χ3n) is 4.53. The first-order chi connectivity index (χ1) is 12.0. The molecule has 0 aliphatic heterocycles. The van der Waals surface area contributed by atoms with Gasteiger partial charge in [-0.05, 0) is 40.5 Å². The average Bonchev–Trinajstić information content (AvgIpc) is 2.78. The van der Waals surface area contributed by atoms with Crippen LogP contribution in [-0.2, 0) is 4.74 Å². The third kappa shape index (κ3) is 3.53. The van der Waals surface area contributed by atoms with E-state index in [9.17, 15) is 0 Å². The Morgan fingerprint density at radius 1 is 1.16 bits per heavy atom. The molecular weight excluding hydrogens is 351 g/mol. The van der Waals surface area contributed by atoms with Crippen LogP contribution in [0.15, 0.2) is 70.8 Å². The Balaban J connectivity index is 2.25. The van der Waals surface area contributed by atoms with Crippen molar-refractivity contribution < 1.29 is 4.74 Å². The van der Waals surface area contributed by atoms with E-state index in [2.05, 4.69) is 43.8 Å². The Kier molecular flexibility index (Phi) is 5.36. The Morgan fingerprint density at radius 2 is 1.96 bits per heavy atom. The number of allylic oxidation sites excluding steroid dienone is 6. The SMILES string of the molecule is C=C(OC)c1ccc2cccc(C3=CC=C(Cl)CC(CC)=C3Cl)c2c1. The number of methoxy groups -OCH3 is 1. The van der Waals surface area contributed by atoms with E-state index in [1.807, 2.05) is 18.2 Å². The largest absolute Gasteiger partial charge is 0.497 e. The summed E-state index contributed by atoms with van der Waals surface area (Å²) in [6.45, 7) is 6.06. The van der Waals surface area contributed by atoms with Crippen LogP contribution in [0.4, 0.5) is 0 Å². The topological polar surface area (TPSA) is 9.23 Å². The molecule has 1 nitrogen and oxygen atoms in total. The summed E-state index contributed by atoms with van der Waals surface area (Å²) in [5.74, 6) is 0.644. The Hall–Kier alpha value is -1.96. The normalized spacial score (nSPS) is 14.9. The molecule has 2 aromatic rings. The smallest absolute Gasteiger partial charge is 0.118 e. The summed E-state index contributed by atoms with van der Waals surface area (Å²) < 4.78 is 5.29. The van der Waals surface area contributed by atoms with Crippen molar-refractivity contribution in [2.75, 3.05) is 7.11 Å². The van der Waals surface area contributed by atoms with Gasteiger partial charge in [0, 0.05) is 27.6 Å². The number of ether oxygens (including phenoxy) is 1. The van der Waals surface area contributed by atoms with E-state index in [1.54, 1.807) is 7.11 Å². The lowest BCUT2D eigenvalue weighted by Crippen LogP contribution is -1.93. The summed E-state index contributed by atoms with van der Waals surface area (Å²) >= 11 is 13.1. The Labute approximate surface area is 158 Å². The number of halogens is 2. The monoisotopic (exact) mass is 370 g/mol. The highest BCUT2D eigenvalue weighted by molar-refractivity contribution is 6.38. The zero-order chi connectivity index (χ0) is 18.0. The summed E-state index contributed by atoms with van der Waals surface area (Å²) in [6, 6.07) is 12.4. The lowest BCUT2D eigenvalue weighted by atomic mass is 9.94. The van der Waals surface area contributed by atoms with E-state index in [1.165, 1.54) is 0 Å². The number of hydrogen-bond acceptors (Lipinski definition) is 1. The van der Waals surface area contributed by atoms with Crippen molar-refractivity contribution in [3.05, 3.63) is 81.9 Å². The molecule has 128 valence electrons. The molecule has 0 saturated heterocycles. The number of fused-ring (bicyclic) bond motifs is 1. The van der Waals surface area contributed by atoms with Crippen LogP contribution in [0.5, 0.6) is 0 Å². The zero-order valence-corrected chi connectivity index (χ0v) is 15.9. The first-order valence-electron chi connectivity index (χ1n) is 8.25. The number of benzene rings is 2. The molecule has 1 aliphatic carbocycles. The summed E-state index contributed by atoms with van der Waals surface area (Å²) in [5, 5.41) is 3.86. The predicted molar refractivity (Wildman–Crippen MR) is 110 cm³/mol. The molecule has 2 aromatic carbocycles. The predicted octanol–water partition coefficient (Wildman–Crippen LogP) is 7.27. The highest BCUT2D eigenvalue weighted by atomic mass is 35.5. The highest BCUT2D eigenvalue weighted by Gasteiger charge is 2.16. The Bertz CT molecular complexity index is 932. The molecule has 3 rings (SSSR count). The van der Waals surface area contributed by atoms with Crippen molar-refractivity contribution in [2.45, 2.75) is 19.8 Å². The fourth-order valence-electron chi connectivity index (χ4n) is 3.06. The molecule has 3 heteroatoms. The van der Waals surface area contributed by atoms with Crippen LogP contribution in [-0.4, -0.2) is 7.11 Å². The van der Waals surface area contributed by atoms with Gasteiger partial charge in [0.2, 0.25) is 0 Å². The minimum absolute atomic E-state index is 0.644. The van der Waals surface area contributed by atoms with Gasteiger partial charge in [0.25, 0.3) is 0 Å². The van der Waals surface area contributed by atoms with E-state index in [0.717, 1.165) is 49.5 Å². The molecule has 0 bridgehead atoms. The molecule has 0 fully saturated rings. The number of hydrogen-bond donors (Lipinski definition) is 0. The molecular formula is C22H20Cl2O. The maximum Gasteiger partial charge on any atom is 0.118 e. The quantitative estimate of drug-likeness (QED) is 0.514. The lowest BCUT2D eigenvalue weighted by molar-refractivity contribution is 0.371. The lowest BCUT2D eigenvalue weighted by Gasteiger charge is -2.14. The van der Waals surface area contributed by atoms with Gasteiger partial charge < -0.3 is 4.74 Å². The second-order valence-corrected chi connectivity index (χ2v) is 6.87. The second-order valence-electron chi connectivity index (χ2n) is 6.01. The van der Waals surface area contributed by atoms with Gasteiger partial charge >= 0.3 is 0 Å². The van der Waals surface area contributed by atoms with Gasteiger partial charge in [0.05, 0.1) is 7.11 Å². The van der Waals surface area contributed by atoms with Crippen LogP contribution in [0.1, 0.15) is 30.9 Å². The van der Waals surface area contributed by atoms with Crippen molar-refractivity contribution in [2.24, 2.45) is 0 Å². The first-order valence-corrected chi connectivity index (χ1v) is 9.01. The molecule has 0 N–H and O–H groups in total. The van der Waals surface area contributed by atoms with Gasteiger partial charge in [-0.25, -0.2) is 0 Å². The van der Waals surface area contributed by atoms with E-state index in [0.29, 0.717) is 12.2 Å². The maximum atomic E-state index is 6.76. The van der Waals surface area contributed by atoms with Gasteiger partial charge in [-0.15, -0.1) is 0 Å². The van der Waals surface area contributed by atoms with Gasteiger partial charge in [0.15, 0.2) is 0 Å². The standard InChI is InChI=1S/C22H20Cl2O/c1-4-15-12-18(23)10-11-20(22(15)24)19-7-5-6-16-8-9-17(13-21(16)19)14(2)25-3/h5-11,13H,2,4,12H2,1,3H3. The summed E-state index contributed by atoms with van der Waals surface area (Å²) in [6.07, 6.45) is 5.53. The molecule has 0 spiro atoms. The van der Waals surface area contributed by atoms with Gasteiger partial charge in [-0.2, -0.15) is 0 Å². The van der Waals surface area contributed by atoms with Crippen molar-refractivity contribution in [1.82, 2.24) is 0 Å². The average molecular weight is 371 g/mol. The summed E-state index contributed by atoms with van der Waals surface area (Å²) in [7, 11) is 1.63. The molecule has 0 radical (unpaired) electrons. The second kappa shape index (κ2) is 7.51. The molecule has 1 aliphatic rings. The minimum Gasteiger partial charge on any atom is -0.497 e. The van der Waals surface area contributed by atoms with Crippen LogP contribution in [0, 0.1) is 0 Å². The van der Waals surface area contributed by atoms with E-state index >= 15 is 0 Å². The molecule has 0 amide bonds. The van der Waals surface area contributed by atoms with Crippen LogP contribution >= 0.6 is 23.2 Å². The van der Waals surface area contributed by atoms with Crippen LogP contribution in [0.25, 0.3) is 22.1 Å². The fourth-order valence-corrected chi connectivity index (χ4v) is 3.65. The number of rotatable bonds is 4. The van der Waals surface area contributed by atoms with Crippen molar-refractivity contribution >= 4 is 45.3 Å². The van der Waals surface area contributed by atoms with E-state index in [4.69, 9.17) is 27.9 Å². The van der Waals surface area contributed by atoms with Crippen molar-refractivity contribution in [1.29, 1.82) is 0 Å². The van der Waals surface area contributed by atoms with Gasteiger partial charge in [-0.1, -0.05) is 73.1 Å². The van der Waals surface area contributed by atoms with Crippen LogP contribution in [0.2, 0.25) is 0 Å². The fraction of sp³-hybridized carbons (Fsp3) is 0.182. The van der Waals surface area contributed by atoms with Gasteiger partial charge in [-0.3, -0.25) is 0 Å². The molecule has 0 saturated carbocycles. The summed E-state index contributed by atoms with van der Waals surface area (Å²) in [4.78, 5) is 0. The molecule has 0 heterocycles. The summed E-state index contributed by atoms with van der Waals surface area (Å²) in [5.41, 5.74) is 4.20. The van der Waals surface area contributed by atoms with E-state index < -0.39 is 0 Å². The van der Waals surface area contributed by atoms with Gasteiger partial charge in [0.1, 0.15) is 5.76 Å². The highest BCUT2D eigenvalue weighted by Crippen LogP contribution is 2.39. The zero-order valence-electron chi connectivity index (χ0n) is 14.4. The maximum absolute atomic E-state index is 6.76. The molecule has 0 aromatic heterocycles. The third-order valence-corrected chi connectivity index (χ3v) is 5.26. The van der Waals surface area contributed by atoms with E-state index in [-0.39, 0.29) is 0 Å². The van der Waals surface area contributed by atoms with Crippen molar-refractivity contribution in [3.8, 4) is 0 Å². The molecule has 25 heavy (non-hydrogen) atoms. The van der Waals surface area contributed by atoms with Crippen LogP contribution < -0.4 is 0 Å². The van der Waals surface area contributed by atoms with Crippen molar-refractivity contribution in [3.63, 3.8) is 0 Å². The minimum atomic E-state index is 0.644. The van der Waals surface area contributed by atoms with Crippen LogP contribution in [0.3, 0.4) is 0 Å².